The average molecular weight is 556 g/mol. The van der Waals surface area contributed by atoms with E-state index in [1.54, 1.807) is 55.6 Å². The Morgan fingerprint density at radius 2 is 1.66 bits per heavy atom. The lowest BCUT2D eigenvalue weighted by Crippen LogP contribution is -2.27. The van der Waals surface area contributed by atoms with Crippen LogP contribution >= 0.6 is 0 Å². The molecule has 206 valence electrons. The Morgan fingerprint density at radius 3 is 2.37 bits per heavy atom. The number of halogens is 3. The van der Waals surface area contributed by atoms with Gasteiger partial charge in [-0.25, -0.2) is 0 Å². The van der Waals surface area contributed by atoms with Gasteiger partial charge < -0.3 is 10.6 Å². The molecule has 3 aromatic heterocycles. The quantitative estimate of drug-likeness (QED) is 0.241. The molecule has 0 fully saturated rings. The van der Waals surface area contributed by atoms with Gasteiger partial charge in [0.05, 0.1) is 39.6 Å². The molecule has 0 aliphatic heterocycles. The molecule has 3 heterocycles. The summed E-state index contributed by atoms with van der Waals surface area (Å²) in [7, 11) is 0. The molecule has 7 nitrogen and oxygen atoms in total. The third kappa shape index (κ3) is 6.22. The maximum absolute atomic E-state index is 13.2. The number of nitrogens with zero attached hydrogens (tertiary/aromatic N) is 3. The molecule has 1 unspecified atom stereocenters. The molecule has 5 aromatic rings. The lowest BCUT2D eigenvalue weighted by atomic mass is 10.0. The number of aromatic nitrogens is 3. The molecule has 0 bridgehead atoms. The fraction of sp³-hybridized carbons (Fsp3) is 0.129. The van der Waals surface area contributed by atoms with Gasteiger partial charge in [-0.15, -0.1) is 0 Å². The van der Waals surface area contributed by atoms with Crippen LogP contribution in [-0.2, 0) is 6.18 Å². The molecule has 0 aliphatic carbocycles. The van der Waals surface area contributed by atoms with Crippen molar-refractivity contribution < 1.29 is 22.8 Å². The van der Waals surface area contributed by atoms with Crippen molar-refractivity contribution in [2.24, 2.45) is 0 Å². The molecule has 5 rings (SSSR count). The van der Waals surface area contributed by atoms with Crippen molar-refractivity contribution in [3.8, 4) is 11.3 Å². The summed E-state index contributed by atoms with van der Waals surface area (Å²) in [5.74, 6) is -0.774. The maximum Gasteiger partial charge on any atom is 0.416 e. The van der Waals surface area contributed by atoms with Crippen LogP contribution in [0.5, 0.6) is 0 Å². The standard InChI is InChI=1S/C31H24F3N5O2/c1-18-6-13-25(28(37-18)20-7-10-23(11-8-20)31(32,33)34)30(41)39-24-12-9-21-15-22(17-36-27(21)16-24)29(40)38-19(2)26-5-3-4-14-35-26/h3-17,19H,1-2H3,(H,38,40)(H,39,41). The first-order chi connectivity index (χ1) is 19.6. The smallest absolute Gasteiger partial charge is 0.344 e. The van der Waals surface area contributed by atoms with Crippen LogP contribution in [0.25, 0.3) is 22.2 Å². The van der Waals surface area contributed by atoms with Crippen molar-refractivity contribution in [2.75, 3.05) is 5.32 Å². The number of carbonyl (C=O) groups is 2. The molecule has 0 saturated carbocycles. The lowest BCUT2D eigenvalue weighted by molar-refractivity contribution is -0.137. The summed E-state index contributed by atoms with van der Waals surface area (Å²) < 4.78 is 39.0. The van der Waals surface area contributed by atoms with Crippen LogP contribution in [0.3, 0.4) is 0 Å². The highest BCUT2D eigenvalue weighted by Gasteiger charge is 2.30. The number of amides is 2. The first-order valence-corrected chi connectivity index (χ1v) is 12.7. The van der Waals surface area contributed by atoms with E-state index in [0.29, 0.717) is 33.4 Å². The Labute approximate surface area is 233 Å². The summed E-state index contributed by atoms with van der Waals surface area (Å²) in [5, 5.41) is 6.42. The highest BCUT2D eigenvalue weighted by Crippen LogP contribution is 2.32. The van der Waals surface area contributed by atoms with Crippen LogP contribution in [0.1, 0.15) is 50.6 Å². The van der Waals surface area contributed by atoms with Crippen LogP contribution in [0.4, 0.5) is 18.9 Å². The minimum atomic E-state index is -4.47. The van der Waals surface area contributed by atoms with E-state index in [-0.39, 0.29) is 23.2 Å². The number of anilines is 1. The van der Waals surface area contributed by atoms with Gasteiger partial charge in [-0.1, -0.05) is 24.3 Å². The molecule has 41 heavy (non-hydrogen) atoms. The van der Waals surface area contributed by atoms with Crippen molar-refractivity contribution in [1.29, 1.82) is 0 Å². The highest BCUT2D eigenvalue weighted by molar-refractivity contribution is 6.08. The number of carbonyl (C=O) groups excluding carboxylic acids is 2. The largest absolute Gasteiger partial charge is 0.416 e. The van der Waals surface area contributed by atoms with E-state index in [2.05, 4.69) is 25.6 Å². The molecule has 0 spiro atoms. The van der Waals surface area contributed by atoms with Gasteiger partial charge >= 0.3 is 6.18 Å². The molecular weight excluding hydrogens is 531 g/mol. The van der Waals surface area contributed by atoms with E-state index < -0.39 is 17.6 Å². The number of benzene rings is 2. The lowest BCUT2D eigenvalue weighted by Gasteiger charge is -2.14. The summed E-state index contributed by atoms with van der Waals surface area (Å²) in [6, 6.07) is 19.8. The van der Waals surface area contributed by atoms with E-state index in [1.165, 1.54) is 18.3 Å². The third-order valence-electron chi connectivity index (χ3n) is 6.45. The molecule has 0 radical (unpaired) electrons. The highest BCUT2D eigenvalue weighted by atomic mass is 19.4. The first kappa shape index (κ1) is 27.4. The normalized spacial score (nSPS) is 12.1. The minimum absolute atomic E-state index is 0.206. The molecule has 0 aliphatic rings. The minimum Gasteiger partial charge on any atom is -0.344 e. The Balaban J connectivity index is 1.34. The fourth-order valence-corrected chi connectivity index (χ4v) is 4.28. The third-order valence-corrected chi connectivity index (χ3v) is 6.45. The topological polar surface area (TPSA) is 96.9 Å². The van der Waals surface area contributed by atoms with Gasteiger partial charge in [-0.3, -0.25) is 24.5 Å². The van der Waals surface area contributed by atoms with E-state index in [0.717, 1.165) is 17.8 Å². The van der Waals surface area contributed by atoms with E-state index in [1.807, 2.05) is 19.1 Å². The number of nitrogens with one attached hydrogen (secondary N) is 2. The number of rotatable bonds is 6. The van der Waals surface area contributed by atoms with E-state index in [4.69, 9.17) is 0 Å². The molecule has 2 N–H and O–H groups in total. The second-order valence-corrected chi connectivity index (χ2v) is 9.46. The first-order valence-electron chi connectivity index (χ1n) is 12.7. The van der Waals surface area contributed by atoms with Crippen LogP contribution in [0.2, 0.25) is 0 Å². The Hall–Kier alpha value is -5.12. The van der Waals surface area contributed by atoms with Crippen LogP contribution in [-0.4, -0.2) is 26.8 Å². The summed E-state index contributed by atoms with van der Waals surface area (Å²) in [4.78, 5) is 39.1. The van der Waals surface area contributed by atoms with Crippen molar-refractivity contribution in [2.45, 2.75) is 26.1 Å². The second kappa shape index (κ2) is 11.2. The summed E-state index contributed by atoms with van der Waals surface area (Å²) in [6.45, 7) is 3.58. The second-order valence-electron chi connectivity index (χ2n) is 9.46. The average Bonchev–Trinajstić information content (AvgIpc) is 2.96. The summed E-state index contributed by atoms with van der Waals surface area (Å²) in [5.41, 5.74) is 2.81. The summed E-state index contributed by atoms with van der Waals surface area (Å²) >= 11 is 0. The molecular formula is C31H24F3N5O2. The molecule has 1 atom stereocenters. The van der Waals surface area contributed by atoms with Gasteiger partial charge in [0.2, 0.25) is 0 Å². The Kier molecular flexibility index (Phi) is 7.47. The summed E-state index contributed by atoms with van der Waals surface area (Å²) in [6.07, 6.45) is -1.34. The molecule has 0 saturated heterocycles. The van der Waals surface area contributed by atoms with Gasteiger partial charge in [0.1, 0.15) is 0 Å². The van der Waals surface area contributed by atoms with Crippen LogP contribution in [0.15, 0.2) is 91.3 Å². The van der Waals surface area contributed by atoms with Gasteiger partial charge in [-0.2, -0.15) is 13.2 Å². The molecule has 2 aromatic carbocycles. The van der Waals surface area contributed by atoms with E-state index >= 15 is 0 Å². The van der Waals surface area contributed by atoms with Gasteiger partial charge in [0.25, 0.3) is 11.8 Å². The SMILES string of the molecule is Cc1ccc(C(=O)Nc2ccc3cc(C(=O)NC(C)c4ccccn4)cnc3c2)c(-c2ccc(C(F)(F)F)cc2)n1. The predicted molar refractivity (Wildman–Crippen MR) is 149 cm³/mol. The number of fused-ring (bicyclic) bond motifs is 1. The zero-order chi connectivity index (χ0) is 29.1. The van der Waals surface area contributed by atoms with Crippen LogP contribution in [0, 0.1) is 6.92 Å². The number of alkyl halides is 3. The van der Waals surface area contributed by atoms with Crippen molar-refractivity contribution >= 4 is 28.4 Å². The Morgan fingerprint density at radius 1 is 0.878 bits per heavy atom. The zero-order valence-electron chi connectivity index (χ0n) is 22.0. The fourth-order valence-electron chi connectivity index (χ4n) is 4.28. The monoisotopic (exact) mass is 555 g/mol. The zero-order valence-corrected chi connectivity index (χ0v) is 22.0. The predicted octanol–water partition coefficient (Wildman–Crippen LogP) is 6.76. The van der Waals surface area contributed by atoms with Crippen molar-refractivity contribution in [1.82, 2.24) is 20.3 Å². The number of pyridine rings is 3. The number of hydrogen-bond donors (Lipinski definition) is 2. The number of hydrogen-bond acceptors (Lipinski definition) is 5. The Bertz CT molecular complexity index is 1740. The van der Waals surface area contributed by atoms with Gasteiger partial charge in [0.15, 0.2) is 0 Å². The van der Waals surface area contributed by atoms with Crippen molar-refractivity contribution in [3.63, 3.8) is 0 Å². The molecule has 10 heteroatoms. The van der Waals surface area contributed by atoms with Crippen LogP contribution < -0.4 is 10.6 Å². The number of aryl methyl sites for hydroxylation is 1. The van der Waals surface area contributed by atoms with E-state index in [9.17, 15) is 22.8 Å². The maximum atomic E-state index is 13.2. The van der Waals surface area contributed by atoms with Crippen molar-refractivity contribution in [3.05, 3.63) is 119 Å². The van der Waals surface area contributed by atoms with Gasteiger partial charge in [-0.05, 0) is 68.4 Å². The van der Waals surface area contributed by atoms with Gasteiger partial charge in [0, 0.05) is 34.7 Å². The molecule has 2 amide bonds.